The summed E-state index contributed by atoms with van der Waals surface area (Å²) >= 11 is 6.28. The zero-order valence-corrected chi connectivity index (χ0v) is 22.2. The van der Waals surface area contributed by atoms with Crippen LogP contribution in [-0.2, 0) is 17.5 Å². The van der Waals surface area contributed by atoms with Crippen molar-refractivity contribution in [2.24, 2.45) is 0 Å². The molecule has 0 aliphatic heterocycles. The number of aryl methyl sites for hydroxylation is 3. The summed E-state index contributed by atoms with van der Waals surface area (Å²) in [4.78, 5) is 17.9. The molecule has 0 bridgehead atoms. The minimum Gasteiger partial charge on any atom is -0.324 e. The van der Waals surface area contributed by atoms with Gasteiger partial charge in [0.05, 0.1) is 6.16 Å². The van der Waals surface area contributed by atoms with Gasteiger partial charge >= 0.3 is 7.60 Å². The number of hydrogen-bond acceptors (Lipinski definition) is 2. The van der Waals surface area contributed by atoms with Gasteiger partial charge in [0.15, 0.2) is 0 Å². The summed E-state index contributed by atoms with van der Waals surface area (Å²) in [5.74, 6) is 0. The van der Waals surface area contributed by atoms with Crippen molar-refractivity contribution in [3.05, 3.63) is 110 Å². The van der Waals surface area contributed by atoms with Crippen molar-refractivity contribution in [3.8, 4) is 0 Å². The summed E-state index contributed by atoms with van der Waals surface area (Å²) in [7, 11) is -3.92. The van der Waals surface area contributed by atoms with Crippen LogP contribution in [0.5, 0.6) is 0 Å². The lowest BCUT2D eigenvalue weighted by molar-refractivity contribution is 0.371. The molecule has 0 spiro atoms. The van der Waals surface area contributed by atoms with Crippen LogP contribution < -0.4 is 5.32 Å². The van der Waals surface area contributed by atoms with E-state index in [0.717, 1.165) is 34.2 Å². The molecule has 0 saturated heterocycles. The molecule has 0 saturated carbocycles. The molecule has 35 heavy (non-hydrogen) atoms. The van der Waals surface area contributed by atoms with Gasteiger partial charge in [0.1, 0.15) is 0 Å². The Hall–Kier alpha value is -2.42. The molecule has 0 unspecified atom stereocenters. The predicted molar refractivity (Wildman–Crippen MR) is 147 cm³/mol. The SMILES string of the molecule is Cc1ccc(CC(=C=Cc2ccc(CNCCCP(=O)(O)O)c(C)c2)c2cccc(Cl)c2)cc1C. The van der Waals surface area contributed by atoms with Crippen molar-refractivity contribution in [1.29, 1.82) is 0 Å². The van der Waals surface area contributed by atoms with Crippen molar-refractivity contribution >= 4 is 30.8 Å². The standard InChI is InChI=1S/C29H33ClNO3P/c1-21-8-9-25(16-22(21)2)18-27(26-6-4-7-29(30)19-26)12-10-24-11-13-28(23(3)17-24)20-31-14-5-15-35(32,33)34/h4,6-11,13,16-17,19,31H,5,14-15,18,20H2,1-3H3,(H2,32,33,34). The minimum atomic E-state index is -3.92. The molecule has 0 amide bonds. The molecule has 184 valence electrons. The van der Waals surface area contributed by atoms with E-state index in [0.29, 0.717) is 24.5 Å². The zero-order valence-electron chi connectivity index (χ0n) is 20.5. The van der Waals surface area contributed by atoms with E-state index < -0.39 is 7.60 Å². The Labute approximate surface area is 213 Å². The van der Waals surface area contributed by atoms with Crippen LogP contribution in [-0.4, -0.2) is 22.5 Å². The molecule has 3 aromatic rings. The van der Waals surface area contributed by atoms with Crippen molar-refractivity contribution in [3.63, 3.8) is 0 Å². The van der Waals surface area contributed by atoms with Crippen LogP contribution in [0.1, 0.15) is 45.4 Å². The molecule has 3 aromatic carbocycles. The van der Waals surface area contributed by atoms with Gasteiger partial charge in [-0.25, -0.2) is 0 Å². The molecule has 0 heterocycles. The Morgan fingerprint density at radius 1 is 1.00 bits per heavy atom. The van der Waals surface area contributed by atoms with Crippen LogP contribution in [0.15, 0.2) is 66.4 Å². The molecule has 0 fully saturated rings. The number of benzene rings is 3. The maximum absolute atomic E-state index is 11.0. The predicted octanol–water partition coefficient (Wildman–Crippen LogP) is 6.86. The van der Waals surface area contributed by atoms with Gasteiger partial charge in [-0.3, -0.25) is 4.57 Å². The van der Waals surface area contributed by atoms with E-state index in [-0.39, 0.29) is 6.16 Å². The van der Waals surface area contributed by atoms with Crippen molar-refractivity contribution in [1.82, 2.24) is 5.32 Å². The minimum absolute atomic E-state index is 0.0911. The van der Waals surface area contributed by atoms with Gasteiger partial charge in [0.2, 0.25) is 0 Å². The summed E-state index contributed by atoms with van der Waals surface area (Å²) in [5, 5.41) is 3.97. The van der Waals surface area contributed by atoms with Crippen molar-refractivity contribution in [2.75, 3.05) is 12.7 Å². The van der Waals surface area contributed by atoms with Gasteiger partial charge in [0.25, 0.3) is 0 Å². The fourth-order valence-corrected chi connectivity index (χ4v) is 4.60. The number of allylic oxidation sites excluding steroid dienone is 1. The van der Waals surface area contributed by atoms with Crippen LogP contribution >= 0.6 is 19.2 Å². The van der Waals surface area contributed by atoms with Crippen LogP contribution in [0, 0.1) is 20.8 Å². The molecule has 3 N–H and O–H groups in total. The monoisotopic (exact) mass is 509 g/mol. The smallest absolute Gasteiger partial charge is 0.324 e. The Kier molecular flexibility index (Phi) is 9.71. The fourth-order valence-electron chi connectivity index (χ4n) is 3.84. The van der Waals surface area contributed by atoms with Crippen molar-refractivity contribution in [2.45, 2.75) is 40.2 Å². The maximum Gasteiger partial charge on any atom is 0.325 e. The summed E-state index contributed by atoms with van der Waals surface area (Å²) in [6.45, 7) is 7.55. The van der Waals surface area contributed by atoms with Crippen LogP contribution in [0.4, 0.5) is 0 Å². The quantitative estimate of drug-likeness (QED) is 0.159. The van der Waals surface area contributed by atoms with Gasteiger partial charge < -0.3 is 15.1 Å². The molecular weight excluding hydrogens is 477 g/mol. The maximum atomic E-state index is 11.0. The van der Waals surface area contributed by atoms with Gasteiger partial charge in [-0.2, -0.15) is 0 Å². The molecular formula is C29H33ClNO3P. The van der Waals surface area contributed by atoms with Gasteiger partial charge in [-0.05, 0) is 90.9 Å². The van der Waals surface area contributed by atoms with Gasteiger partial charge in [-0.1, -0.05) is 60.1 Å². The summed E-state index contributed by atoms with van der Waals surface area (Å²) in [5.41, 5.74) is 12.8. The Balaban J connectivity index is 1.79. The highest BCUT2D eigenvalue weighted by molar-refractivity contribution is 7.51. The van der Waals surface area contributed by atoms with E-state index in [1.807, 2.05) is 24.3 Å². The van der Waals surface area contributed by atoms with E-state index >= 15 is 0 Å². The fraction of sp³-hybridized carbons (Fsp3) is 0.276. The third-order valence-electron chi connectivity index (χ3n) is 6.02. The number of nitrogens with one attached hydrogen (secondary N) is 1. The van der Waals surface area contributed by atoms with E-state index in [1.165, 1.54) is 16.7 Å². The molecule has 3 rings (SSSR count). The van der Waals surface area contributed by atoms with Crippen LogP contribution in [0.2, 0.25) is 5.02 Å². The second-order valence-corrected chi connectivity index (χ2v) is 11.2. The van der Waals surface area contributed by atoms with Crippen LogP contribution in [0.25, 0.3) is 11.6 Å². The van der Waals surface area contributed by atoms with Gasteiger partial charge in [-0.15, -0.1) is 5.73 Å². The van der Waals surface area contributed by atoms with Gasteiger partial charge in [0, 0.05) is 23.6 Å². The number of halogens is 1. The highest BCUT2D eigenvalue weighted by atomic mass is 35.5. The van der Waals surface area contributed by atoms with E-state index in [1.54, 1.807) is 0 Å². The molecule has 0 aromatic heterocycles. The van der Waals surface area contributed by atoms with Crippen molar-refractivity contribution < 1.29 is 14.4 Å². The lowest BCUT2D eigenvalue weighted by Gasteiger charge is -2.10. The number of hydrogen-bond donors (Lipinski definition) is 3. The lowest BCUT2D eigenvalue weighted by atomic mass is 9.96. The Bertz CT molecular complexity index is 1290. The first kappa shape index (κ1) is 27.2. The molecule has 0 atom stereocenters. The molecule has 6 heteroatoms. The molecule has 4 nitrogen and oxygen atoms in total. The first-order valence-corrected chi connectivity index (χ1v) is 13.9. The highest BCUT2D eigenvalue weighted by Gasteiger charge is 2.11. The summed E-state index contributed by atoms with van der Waals surface area (Å²) in [6, 6.07) is 20.7. The first-order valence-electron chi connectivity index (χ1n) is 11.7. The average Bonchev–Trinajstić information content (AvgIpc) is 2.79. The average molecular weight is 510 g/mol. The Morgan fingerprint density at radius 2 is 1.80 bits per heavy atom. The lowest BCUT2D eigenvalue weighted by Crippen LogP contribution is -2.16. The van der Waals surface area contributed by atoms with Crippen LogP contribution in [0.3, 0.4) is 0 Å². The van der Waals surface area contributed by atoms with E-state index in [2.05, 4.69) is 74.3 Å². The number of rotatable bonds is 10. The molecule has 0 radical (unpaired) electrons. The third-order valence-corrected chi connectivity index (χ3v) is 7.16. The highest BCUT2D eigenvalue weighted by Crippen LogP contribution is 2.34. The third kappa shape index (κ3) is 8.94. The molecule has 0 aliphatic carbocycles. The molecule has 0 aliphatic rings. The second kappa shape index (κ2) is 12.5. The largest absolute Gasteiger partial charge is 0.325 e. The summed E-state index contributed by atoms with van der Waals surface area (Å²) in [6.07, 6.45) is 3.13. The van der Waals surface area contributed by atoms with E-state index in [4.69, 9.17) is 21.4 Å². The van der Waals surface area contributed by atoms with E-state index in [9.17, 15) is 4.57 Å². The topological polar surface area (TPSA) is 69.6 Å². The Morgan fingerprint density at radius 3 is 2.49 bits per heavy atom. The normalized spacial score (nSPS) is 11.3. The second-order valence-electron chi connectivity index (χ2n) is 8.98. The zero-order chi connectivity index (χ0) is 25.4. The summed E-state index contributed by atoms with van der Waals surface area (Å²) < 4.78 is 11.0. The first-order chi connectivity index (χ1) is 16.6.